The Morgan fingerprint density at radius 2 is 2.39 bits per heavy atom. The first-order valence-corrected chi connectivity index (χ1v) is 5.70. The number of imide groups is 1. The smallest absolute Gasteiger partial charge is 0.251 e. The number of nitrogens with zero attached hydrogens (tertiary/aromatic N) is 1. The van der Waals surface area contributed by atoms with E-state index in [-0.39, 0.29) is 18.4 Å². The molecular weight excluding hydrogens is 238 g/mol. The number of hydrogen-bond donors (Lipinski definition) is 4. The van der Waals surface area contributed by atoms with E-state index in [0.29, 0.717) is 19.0 Å². The number of hydrazine groups is 1. The molecule has 1 aliphatic heterocycles. The van der Waals surface area contributed by atoms with Gasteiger partial charge in [-0.2, -0.15) is 0 Å². The van der Waals surface area contributed by atoms with Crippen LogP contribution < -0.4 is 21.9 Å². The van der Waals surface area contributed by atoms with Gasteiger partial charge >= 0.3 is 0 Å². The number of amides is 2. The van der Waals surface area contributed by atoms with Gasteiger partial charge in [0.2, 0.25) is 11.9 Å². The van der Waals surface area contributed by atoms with Crippen molar-refractivity contribution in [3.8, 4) is 0 Å². The van der Waals surface area contributed by atoms with E-state index < -0.39 is 11.9 Å². The van der Waals surface area contributed by atoms with Crippen LogP contribution in [0.3, 0.4) is 0 Å². The largest absolute Gasteiger partial charge is 0.383 e. The van der Waals surface area contributed by atoms with Crippen LogP contribution in [0.2, 0.25) is 0 Å². The Balaban J connectivity index is 2.60. The topological polar surface area (TPSA) is 118 Å². The van der Waals surface area contributed by atoms with E-state index in [0.717, 1.165) is 0 Å². The van der Waals surface area contributed by atoms with Gasteiger partial charge in [-0.15, -0.1) is 0 Å². The Bertz CT molecular complexity index is 344. The minimum Gasteiger partial charge on any atom is -0.383 e. The molecule has 2 atom stereocenters. The Hall–Kier alpha value is -1.67. The molecule has 102 valence electrons. The van der Waals surface area contributed by atoms with E-state index in [4.69, 9.17) is 10.6 Å². The molecule has 1 aliphatic rings. The number of nitrogens with two attached hydrogens (primary N) is 1. The van der Waals surface area contributed by atoms with Gasteiger partial charge in [0, 0.05) is 19.6 Å². The number of aliphatic imine (C=N–C) groups is 1. The zero-order valence-electron chi connectivity index (χ0n) is 10.5. The predicted octanol–water partition coefficient (Wildman–Crippen LogP) is -1.76. The lowest BCUT2D eigenvalue weighted by atomic mass is 10.1. The molecule has 0 aliphatic carbocycles. The van der Waals surface area contributed by atoms with Crippen LogP contribution in [0, 0.1) is 0 Å². The number of hydrogen-bond acceptors (Lipinski definition) is 5. The molecule has 1 fully saturated rings. The molecule has 2 amide bonds. The number of guanidine groups is 1. The van der Waals surface area contributed by atoms with Crippen molar-refractivity contribution in [3.63, 3.8) is 0 Å². The van der Waals surface area contributed by atoms with Crippen molar-refractivity contribution in [2.75, 3.05) is 13.7 Å². The third kappa shape index (κ3) is 4.30. The van der Waals surface area contributed by atoms with Crippen LogP contribution in [0.25, 0.3) is 0 Å². The minimum absolute atomic E-state index is 0.00177. The molecular formula is C10H19N5O3. The number of piperidine rings is 1. The second-order valence-corrected chi connectivity index (χ2v) is 4.09. The van der Waals surface area contributed by atoms with Gasteiger partial charge in [0.05, 0.1) is 6.61 Å². The van der Waals surface area contributed by atoms with Gasteiger partial charge in [0.25, 0.3) is 5.91 Å². The zero-order valence-corrected chi connectivity index (χ0v) is 10.5. The molecule has 2 unspecified atom stereocenters. The highest BCUT2D eigenvalue weighted by atomic mass is 16.5. The van der Waals surface area contributed by atoms with Crippen molar-refractivity contribution >= 4 is 17.8 Å². The van der Waals surface area contributed by atoms with Crippen molar-refractivity contribution < 1.29 is 14.3 Å². The summed E-state index contributed by atoms with van der Waals surface area (Å²) < 4.78 is 4.96. The third-order valence-corrected chi connectivity index (χ3v) is 2.43. The van der Waals surface area contributed by atoms with Gasteiger partial charge in [0.1, 0.15) is 6.04 Å². The van der Waals surface area contributed by atoms with E-state index >= 15 is 0 Å². The lowest BCUT2D eigenvalue weighted by Gasteiger charge is -2.20. The van der Waals surface area contributed by atoms with Crippen LogP contribution in [0.1, 0.15) is 19.8 Å². The normalized spacial score (nSPS) is 22.4. The van der Waals surface area contributed by atoms with Gasteiger partial charge in [-0.1, -0.05) is 0 Å². The highest BCUT2D eigenvalue weighted by molar-refractivity contribution is 6.01. The number of rotatable bonds is 4. The van der Waals surface area contributed by atoms with Crippen LogP contribution >= 0.6 is 0 Å². The van der Waals surface area contributed by atoms with E-state index in [9.17, 15) is 9.59 Å². The van der Waals surface area contributed by atoms with Crippen molar-refractivity contribution in [3.05, 3.63) is 0 Å². The quantitative estimate of drug-likeness (QED) is 0.156. The lowest BCUT2D eigenvalue weighted by Crippen LogP contribution is -2.50. The summed E-state index contributed by atoms with van der Waals surface area (Å²) in [4.78, 5) is 26.6. The monoisotopic (exact) mass is 257 g/mol. The van der Waals surface area contributed by atoms with Crippen molar-refractivity contribution in [1.29, 1.82) is 0 Å². The first-order valence-electron chi connectivity index (χ1n) is 5.70. The fourth-order valence-electron chi connectivity index (χ4n) is 1.60. The van der Waals surface area contributed by atoms with Crippen LogP contribution in [-0.2, 0) is 14.3 Å². The van der Waals surface area contributed by atoms with Crippen LogP contribution in [0.5, 0.6) is 0 Å². The lowest BCUT2D eigenvalue weighted by molar-refractivity contribution is -0.133. The zero-order chi connectivity index (χ0) is 13.5. The highest BCUT2D eigenvalue weighted by Gasteiger charge is 2.26. The molecule has 0 saturated carbocycles. The molecule has 1 saturated heterocycles. The van der Waals surface area contributed by atoms with Gasteiger partial charge in [0.15, 0.2) is 0 Å². The highest BCUT2D eigenvalue weighted by Crippen LogP contribution is 2.07. The summed E-state index contributed by atoms with van der Waals surface area (Å²) in [6.45, 7) is 2.37. The summed E-state index contributed by atoms with van der Waals surface area (Å²) in [6, 6.07) is -0.603. The number of nitrogens with one attached hydrogen (secondary N) is 3. The predicted molar refractivity (Wildman–Crippen MR) is 65.4 cm³/mol. The van der Waals surface area contributed by atoms with Gasteiger partial charge < -0.3 is 10.1 Å². The number of methoxy groups -OCH3 is 1. The molecule has 0 spiro atoms. The fraction of sp³-hybridized carbons (Fsp3) is 0.700. The summed E-state index contributed by atoms with van der Waals surface area (Å²) in [5.41, 5.74) is 2.39. The number of carbonyl (C=O) groups excluding carboxylic acids is 2. The third-order valence-electron chi connectivity index (χ3n) is 2.43. The first-order chi connectivity index (χ1) is 8.56. The summed E-state index contributed by atoms with van der Waals surface area (Å²) in [6.07, 6.45) is 0.668. The van der Waals surface area contributed by atoms with Gasteiger partial charge in [-0.25, -0.2) is 10.8 Å². The molecule has 0 aromatic heterocycles. The molecule has 0 aromatic rings. The van der Waals surface area contributed by atoms with Crippen molar-refractivity contribution in [2.45, 2.75) is 31.8 Å². The van der Waals surface area contributed by atoms with Gasteiger partial charge in [-0.05, 0) is 13.3 Å². The van der Waals surface area contributed by atoms with Gasteiger partial charge in [-0.3, -0.25) is 20.3 Å². The average molecular weight is 257 g/mol. The molecule has 5 N–H and O–H groups in total. The molecule has 18 heavy (non-hydrogen) atoms. The Kier molecular flexibility index (Phi) is 5.53. The fourth-order valence-corrected chi connectivity index (χ4v) is 1.60. The standard InChI is InChI=1S/C10H19N5O3/c1-6(5-18-2)12-10(15-11)13-7-3-4-8(16)14-9(7)17/h6-7H,3-5,11H2,1-2H3,(H2,12,13,15)(H,14,16,17). The molecule has 0 radical (unpaired) electrons. The van der Waals surface area contributed by atoms with Crippen molar-refractivity contribution in [2.24, 2.45) is 10.8 Å². The molecule has 8 heteroatoms. The number of ether oxygens (including phenoxy) is 1. The maximum absolute atomic E-state index is 11.5. The SMILES string of the molecule is COCC(C)NC(=NC1CCC(=O)NC1=O)NN. The number of carbonyl (C=O) groups is 2. The molecule has 8 nitrogen and oxygen atoms in total. The van der Waals surface area contributed by atoms with E-state index in [1.165, 1.54) is 0 Å². The minimum atomic E-state index is -0.601. The molecule has 1 heterocycles. The Morgan fingerprint density at radius 1 is 1.67 bits per heavy atom. The maximum atomic E-state index is 11.5. The molecule has 0 bridgehead atoms. The Labute approximate surface area is 105 Å². The van der Waals surface area contributed by atoms with Crippen LogP contribution in [-0.4, -0.2) is 43.6 Å². The van der Waals surface area contributed by atoms with E-state index in [1.54, 1.807) is 7.11 Å². The van der Waals surface area contributed by atoms with Crippen LogP contribution in [0.15, 0.2) is 4.99 Å². The summed E-state index contributed by atoms with van der Waals surface area (Å²) in [7, 11) is 1.59. The summed E-state index contributed by atoms with van der Waals surface area (Å²) >= 11 is 0. The average Bonchev–Trinajstić information content (AvgIpc) is 2.31. The van der Waals surface area contributed by atoms with Crippen molar-refractivity contribution in [1.82, 2.24) is 16.1 Å². The van der Waals surface area contributed by atoms with E-state index in [2.05, 4.69) is 21.1 Å². The summed E-state index contributed by atoms with van der Waals surface area (Å²) in [5, 5.41) is 5.20. The molecule has 0 aromatic carbocycles. The van der Waals surface area contributed by atoms with Crippen LogP contribution in [0.4, 0.5) is 0 Å². The Morgan fingerprint density at radius 3 is 2.94 bits per heavy atom. The first kappa shape index (κ1) is 14.4. The maximum Gasteiger partial charge on any atom is 0.251 e. The van der Waals surface area contributed by atoms with E-state index in [1.807, 2.05) is 6.92 Å². The second kappa shape index (κ2) is 6.92. The second-order valence-electron chi connectivity index (χ2n) is 4.09. The molecule has 1 rings (SSSR count). The summed E-state index contributed by atoms with van der Waals surface area (Å²) in [5.74, 6) is 4.95.